The molecule has 0 aromatic carbocycles. The van der Waals surface area contributed by atoms with Gasteiger partial charge in [-0.05, 0) is 23.8 Å². The van der Waals surface area contributed by atoms with Gasteiger partial charge in [-0.15, -0.1) is 0 Å². The normalized spacial score (nSPS) is 33.9. The molecule has 2 atom stereocenters. The molecule has 1 aliphatic carbocycles. The molecule has 0 aromatic heterocycles. The van der Waals surface area contributed by atoms with E-state index in [2.05, 4.69) is 20.8 Å². The SMILES string of the molecule is COC=C1C2CCC1(C(C)(C)C)CN(C(=O)O)C2. The maximum Gasteiger partial charge on any atom is 0.407 e. The van der Waals surface area contributed by atoms with Crippen LogP contribution in [0, 0.1) is 16.7 Å². The molecule has 2 bridgehead atoms. The summed E-state index contributed by atoms with van der Waals surface area (Å²) in [6.07, 6.45) is 3.19. The number of amides is 1. The predicted molar refractivity (Wildman–Crippen MR) is 69.3 cm³/mol. The lowest BCUT2D eigenvalue weighted by molar-refractivity contribution is 0.0513. The molecule has 1 N–H and O–H groups in total. The first kappa shape index (κ1) is 13.2. The van der Waals surface area contributed by atoms with Crippen LogP contribution in [0.3, 0.4) is 0 Å². The highest BCUT2D eigenvalue weighted by Crippen LogP contribution is 2.59. The van der Waals surface area contributed by atoms with Crippen LogP contribution in [-0.2, 0) is 4.74 Å². The van der Waals surface area contributed by atoms with Crippen LogP contribution in [0.4, 0.5) is 4.79 Å². The number of nitrogens with zero attached hydrogens (tertiary/aromatic N) is 1. The molecule has 0 spiro atoms. The molecule has 102 valence electrons. The van der Waals surface area contributed by atoms with Crippen LogP contribution in [0.25, 0.3) is 0 Å². The second-order valence-electron chi connectivity index (χ2n) is 6.54. The van der Waals surface area contributed by atoms with Crippen molar-refractivity contribution in [1.29, 1.82) is 0 Å². The van der Waals surface area contributed by atoms with Gasteiger partial charge in [0.1, 0.15) is 0 Å². The molecule has 2 unspecified atom stereocenters. The Morgan fingerprint density at radius 3 is 2.72 bits per heavy atom. The van der Waals surface area contributed by atoms with E-state index >= 15 is 0 Å². The first-order valence-corrected chi connectivity index (χ1v) is 6.53. The van der Waals surface area contributed by atoms with E-state index in [9.17, 15) is 9.90 Å². The highest BCUT2D eigenvalue weighted by molar-refractivity contribution is 5.66. The van der Waals surface area contributed by atoms with Crippen LogP contribution in [0.2, 0.25) is 0 Å². The summed E-state index contributed by atoms with van der Waals surface area (Å²) in [6.45, 7) is 7.80. The number of carboxylic acid groups (broad SMARTS) is 1. The largest absolute Gasteiger partial charge is 0.504 e. The van der Waals surface area contributed by atoms with Crippen molar-refractivity contribution < 1.29 is 14.6 Å². The van der Waals surface area contributed by atoms with Crippen LogP contribution in [0.5, 0.6) is 0 Å². The monoisotopic (exact) mass is 253 g/mol. The Bertz CT molecular complexity index is 383. The van der Waals surface area contributed by atoms with E-state index in [1.54, 1.807) is 12.0 Å². The molecule has 2 fully saturated rings. The van der Waals surface area contributed by atoms with Crippen molar-refractivity contribution >= 4 is 6.09 Å². The lowest BCUT2D eigenvalue weighted by Gasteiger charge is -2.49. The number of fused-ring (bicyclic) bond motifs is 2. The molecule has 0 aromatic rings. The zero-order valence-electron chi connectivity index (χ0n) is 11.7. The predicted octanol–water partition coefficient (Wildman–Crippen LogP) is 2.95. The molecular weight excluding hydrogens is 230 g/mol. The van der Waals surface area contributed by atoms with Crippen molar-refractivity contribution in [2.45, 2.75) is 33.6 Å². The van der Waals surface area contributed by atoms with E-state index in [1.165, 1.54) is 5.57 Å². The lowest BCUT2D eigenvalue weighted by Crippen LogP contribution is -2.52. The summed E-state index contributed by atoms with van der Waals surface area (Å²) < 4.78 is 5.25. The molecule has 2 aliphatic rings. The molecule has 1 amide bonds. The van der Waals surface area contributed by atoms with E-state index in [0.29, 0.717) is 19.0 Å². The molecular formula is C14H23NO3. The zero-order valence-corrected chi connectivity index (χ0v) is 11.7. The van der Waals surface area contributed by atoms with E-state index in [4.69, 9.17) is 4.74 Å². The van der Waals surface area contributed by atoms with Gasteiger partial charge < -0.3 is 14.7 Å². The molecule has 1 saturated carbocycles. The third-order valence-electron chi connectivity index (χ3n) is 4.76. The number of piperidine rings is 1. The summed E-state index contributed by atoms with van der Waals surface area (Å²) >= 11 is 0. The summed E-state index contributed by atoms with van der Waals surface area (Å²) in [5, 5.41) is 9.27. The standard InChI is InChI=1S/C14H23NO3/c1-13(2,3)14-6-5-10(11(14)8-18-4)7-15(9-14)12(16)17/h8,10H,5-7,9H2,1-4H3,(H,16,17). The molecule has 1 saturated heterocycles. The van der Waals surface area contributed by atoms with Crippen molar-refractivity contribution in [2.24, 2.45) is 16.7 Å². The average Bonchev–Trinajstić information content (AvgIpc) is 2.48. The van der Waals surface area contributed by atoms with E-state index in [-0.39, 0.29) is 10.8 Å². The third kappa shape index (κ3) is 1.78. The van der Waals surface area contributed by atoms with Gasteiger partial charge in [0.25, 0.3) is 0 Å². The second kappa shape index (κ2) is 4.18. The van der Waals surface area contributed by atoms with Gasteiger partial charge in [-0.25, -0.2) is 4.79 Å². The minimum Gasteiger partial charge on any atom is -0.504 e. The Kier molecular flexibility index (Phi) is 3.07. The van der Waals surface area contributed by atoms with Gasteiger partial charge in [0.15, 0.2) is 0 Å². The summed E-state index contributed by atoms with van der Waals surface area (Å²) in [4.78, 5) is 12.9. The van der Waals surface area contributed by atoms with Crippen molar-refractivity contribution in [3.63, 3.8) is 0 Å². The summed E-state index contributed by atoms with van der Waals surface area (Å²) in [5.74, 6) is 0.328. The maximum absolute atomic E-state index is 11.3. The van der Waals surface area contributed by atoms with Gasteiger partial charge >= 0.3 is 6.09 Å². The summed E-state index contributed by atoms with van der Waals surface area (Å²) in [5.41, 5.74) is 1.29. The van der Waals surface area contributed by atoms with Crippen molar-refractivity contribution in [3.05, 3.63) is 11.8 Å². The topological polar surface area (TPSA) is 49.8 Å². The number of rotatable bonds is 1. The van der Waals surface area contributed by atoms with E-state index < -0.39 is 6.09 Å². The Morgan fingerprint density at radius 2 is 2.22 bits per heavy atom. The minimum atomic E-state index is -0.799. The first-order valence-electron chi connectivity index (χ1n) is 6.53. The van der Waals surface area contributed by atoms with Gasteiger partial charge in [-0.2, -0.15) is 0 Å². The van der Waals surface area contributed by atoms with E-state index in [1.807, 2.05) is 6.26 Å². The van der Waals surface area contributed by atoms with Crippen LogP contribution in [-0.4, -0.2) is 36.3 Å². The second-order valence-corrected chi connectivity index (χ2v) is 6.54. The fraction of sp³-hybridized carbons (Fsp3) is 0.786. The fourth-order valence-electron chi connectivity index (χ4n) is 3.65. The van der Waals surface area contributed by atoms with Gasteiger partial charge in [0, 0.05) is 24.4 Å². The average molecular weight is 253 g/mol. The van der Waals surface area contributed by atoms with Crippen LogP contribution in [0.1, 0.15) is 33.6 Å². The number of hydrogen-bond acceptors (Lipinski definition) is 2. The van der Waals surface area contributed by atoms with Crippen molar-refractivity contribution in [2.75, 3.05) is 20.2 Å². The molecule has 1 heterocycles. The highest BCUT2D eigenvalue weighted by Gasteiger charge is 2.56. The molecule has 4 nitrogen and oxygen atoms in total. The quantitative estimate of drug-likeness (QED) is 0.731. The lowest BCUT2D eigenvalue weighted by atomic mass is 9.61. The number of ether oxygens (including phenoxy) is 1. The van der Waals surface area contributed by atoms with E-state index in [0.717, 1.165) is 12.8 Å². The Morgan fingerprint density at radius 1 is 1.56 bits per heavy atom. The van der Waals surface area contributed by atoms with Crippen molar-refractivity contribution in [3.8, 4) is 0 Å². The smallest absolute Gasteiger partial charge is 0.407 e. The Balaban J connectivity index is 2.43. The molecule has 18 heavy (non-hydrogen) atoms. The summed E-state index contributed by atoms with van der Waals surface area (Å²) in [6, 6.07) is 0. The van der Waals surface area contributed by atoms with Gasteiger partial charge in [-0.1, -0.05) is 20.8 Å². The molecule has 2 rings (SSSR count). The molecule has 1 aliphatic heterocycles. The fourth-order valence-corrected chi connectivity index (χ4v) is 3.65. The number of carbonyl (C=O) groups is 1. The molecule has 0 radical (unpaired) electrons. The minimum absolute atomic E-state index is 0.0419. The summed E-state index contributed by atoms with van der Waals surface area (Å²) in [7, 11) is 1.67. The number of hydrogen-bond donors (Lipinski definition) is 1. The van der Waals surface area contributed by atoms with Gasteiger partial charge in [0.05, 0.1) is 13.4 Å². The maximum atomic E-state index is 11.3. The number of likely N-dealkylation sites (tertiary alicyclic amines) is 1. The van der Waals surface area contributed by atoms with Crippen LogP contribution in [0.15, 0.2) is 11.8 Å². The molecule has 4 heteroatoms. The Hall–Kier alpha value is -1.19. The highest BCUT2D eigenvalue weighted by atomic mass is 16.5. The Labute approximate surface area is 109 Å². The zero-order chi connectivity index (χ0) is 13.6. The third-order valence-corrected chi connectivity index (χ3v) is 4.76. The first-order chi connectivity index (χ1) is 8.32. The number of methoxy groups -OCH3 is 1. The van der Waals surface area contributed by atoms with Gasteiger partial charge in [-0.3, -0.25) is 0 Å². The van der Waals surface area contributed by atoms with Crippen LogP contribution >= 0.6 is 0 Å². The van der Waals surface area contributed by atoms with Crippen molar-refractivity contribution in [1.82, 2.24) is 4.90 Å². The van der Waals surface area contributed by atoms with Gasteiger partial charge in [0.2, 0.25) is 0 Å². The van der Waals surface area contributed by atoms with Crippen LogP contribution < -0.4 is 0 Å².